The minimum Gasteiger partial charge on any atom is -0.375 e. The quantitative estimate of drug-likeness (QED) is 0.610. The van der Waals surface area contributed by atoms with Gasteiger partial charge in [0, 0.05) is 11.5 Å². The molecule has 1 aromatic carbocycles. The highest BCUT2D eigenvalue weighted by Gasteiger charge is 2.39. The van der Waals surface area contributed by atoms with Crippen LogP contribution in [-0.4, -0.2) is 18.0 Å². The minimum absolute atomic E-state index is 0.00773. The molecule has 0 saturated carbocycles. The zero-order valence-electron chi connectivity index (χ0n) is 11.1. The molecule has 2 aliphatic heterocycles. The molecule has 2 bridgehead atoms. The van der Waals surface area contributed by atoms with Crippen molar-refractivity contribution in [2.45, 2.75) is 44.1 Å². The van der Waals surface area contributed by atoms with Crippen LogP contribution in [0.3, 0.4) is 0 Å². The summed E-state index contributed by atoms with van der Waals surface area (Å²) in [6.45, 7) is 0. The molecule has 2 unspecified atom stereocenters. The molecule has 21 heavy (non-hydrogen) atoms. The Morgan fingerprint density at radius 1 is 1.10 bits per heavy atom. The van der Waals surface area contributed by atoms with Crippen LogP contribution in [0.25, 0.3) is 0 Å². The Morgan fingerprint density at radius 2 is 1.71 bits per heavy atom. The molecule has 0 amide bonds. The molecule has 2 aliphatic rings. The summed E-state index contributed by atoms with van der Waals surface area (Å²) < 4.78 is 57.1. The van der Waals surface area contributed by atoms with Gasteiger partial charge in [0.05, 0.1) is 17.8 Å². The van der Waals surface area contributed by atoms with Crippen LogP contribution in [0.4, 0.5) is 17.6 Å². The van der Waals surface area contributed by atoms with Crippen molar-refractivity contribution in [1.82, 2.24) is 0 Å². The second-order valence-corrected chi connectivity index (χ2v) is 5.72. The molecule has 114 valence electrons. The summed E-state index contributed by atoms with van der Waals surface area (Å²) in [5, 5.41) is 0. The van der Waals surface area contributed by atoms with E-state index in [0.717, 1.165) is 25.0 Å². The number of hydrogen-bond acceptors (Lipinski definition) is 2. The molecule has 0 spiro atoms. The van der Waals surface area contributed by atoms with Gasteiger partial charge in [-0.25, -0.2) is 4.39 Å². The van der Waals surface area contributed by atoms with Crippen LogP contribution in [0.15, 0.2) is 18.2 Å². The van der Waals surface area contributed by atoms with E-state index in [1.54, 1.807) is 0 Å². The predicted molar refractivity (Wildman–Crippen MR) is 66.4 cm³/mol. The number of Topliss-reactive ketones (excluding diaryl/α,β-unsaturated/α-hetero) is 1. The monoisotopic (exact) mass is 302 g/mol. The molecule has 3 rings (SSSR count). The van der Waals surface area contributed by atoms with E-state index >= 15 is 0 Å². The van der Waals surface area contributed by atoms with Crippen LogP contribution in [0.5, 0.6) is 0 Å². The molecule has 0 aliphatic carbocycles. The zero-order valence-corrected chi connectivity index (χ0v) is 11.1. The maximum absolute atomic E-state index is 13.4. The van der Waals surface area contributed by atoms with Crippen LogP contribution in [0.1, 0.15) is 41.6 Å². The Labute approximate surface area is 119 Å². The highest BCUT2D eigenvalue weighted by Crippen LogP contribution is 2.38. The number of carbonyl (C=O) groups is 1. The van der Waals surface area contributed by atoms with Crippen LogP contribution in [0.2, 0.25) is 0 Å². The SMILES string of the molecule is O=C(c1cc(F)cc(C(F)(F)F)c1)C1CC2CCC(C1)O2. The number of alkyl halides is 3. The van der Waals surface area contributed by atoms with Crippen LogP contribution < -0.4 is 0 Å². The van der Waals surface area contributed by atoms with E-state index in [9.17, 15) is 22.4 Å². The second-order valence-electron chi connectivity index (χ2n) is 5.72. The fourth-order valence-electron chi connectivity index (χ4n) is 3.20. The smallest absolute Gasteiger partial charge is 0.375 e. The molecule has 0 radical (unpaired) electrons. The summed E-state index contributed by atoms with van der Waals surface area (Å²) in [6.07, 6.45) is -1.87. The van der Waals surface area contributed by atoms with Gasteiger partial charge in [-0.1, -0.05) is 0 Å². The summed E-state index contributed by atoms with van der Waals surface area (Å²) in [6, 6.07) is 2.03. The first kappa shape index (κ1) is 14.5. The number of hydrogen-bond donors (Lipinski definition) is 0. The third-order valence-corrected chi connectivity index (χ3v) is 4.17. The average molecular weight is 302 g/mol. The molecular formula is C15H14F4O2. The van der Waals surface area contributed by atoms with Gasteiger partial charge < -0.3 is 4.74 Å². The number of ether oxygens (including phenoxy) is 1. The standard InChI is InChI=1S/C15H14F4O2/c16-11-4-8(3-10(7-11)15(17,18)19)14(20)9-5-12-1-2-13(6-9)21-12/h3-4,7,9,12-13H,1-2,5-6H2. The maximum atomic E-state index is 13.4. The van der Waals surface area contributed by atoms with Gasteiger partial charge in [-0.05, 0) is 43.9 Å². The normalized spacial score (nSPS) is 28.7. The summed E-state index contributed by atoms with van der Waals surface area (Å²) in [5.74, 6) is -1.83. The Bertz CT molecular complexity index is 555. The number of ketones is 1. The molecule has 2 heterocycles. The topological polar surface area (TPSA) is 26.3 Å². The maximum Gasteiger partial charge on any atom is 0.416 e. The van der Waals surface area contributed by atoms with Gasteiger partial charge in [-0.2, -0.15) is 13.2 Å². The summed E-state index contributed by atoms with van der Waals surface area (Å²) in [7, 11) is 0. The van der Waals surface area contributed by atoms with E-state index in [1.807, 2.05) is 0 Å². The van der Waals surface area contributed by atoms with Crippen molar-refractivity contribution in [2.75, 3.05) is 0 Å². The van der Waals surface area contributed by atoms with Gasteiger partial charge in [-0.15, -0.1) is 0 Å². The molecule has 2 saturated heterocycles. The number of halogens is 4. The molecule has 2 fully saturated rings. The molecule has 2 atom stereocenters. The minimum atomic E-state index is -4.66. The fraction of sp³-hybridized carbons (Fsp3) is 0.533. The predicted octanol–water partition coefficient (Wildman–Crippen LogP) is 3.98. The summed E-state index contributed by atoms with van der Waals surface area (Å²) >= 11 is 0. The van der Waals surface area contributed by atoms with Crippen molar-refractivity contribution >= 4 is 5.78 Å². The lowest BCUT2D eigenvalue weighted by atomic mass is 9.87. The molecule has 0 aromatic heterocycles. The van der Waals surface area contributed by atoms with E-state index in [2.05, 4.69) is 0 Å². The number of carbonyl (C=O) groups excluding carboxylic acids is 1. The third kappa shape index (κ3) is 2.95. The molecule has 6 heteroatoms. The molecule has 0 N–H and O–H groups in total. The first-order valence-electron chi connectivity index (χ1n) is 6.90. The van der Waals surface area contributed by atoms with E-state index in [0.29, 0.717) is 18.9 Å². The van der Waals surface area contributed by atoms with Crippen molar-refractivity contribution in [2.24, 2.45) is 5.92 Å². The van der Waals surface area contributed by atoms with Crippen molar-refractivity contribution in [1.29, 1.82) is 0 Å². The number of fused-ring (bicyclic) bond motifs is 2. The summed E-state index contributed by atoms with van der Waals surface area (Å²) in [4.78, 5) is 12.4. The third-order valence-electron chi connectivity index (χ3n) is 4.17. The Hall–Kier alpha value is -1.43. The van der Waals surface area contributed by atoms with E-state index in [4.69, 9.17) is 4.74 Å². The van der Waals surface area contributed by atoms with Crippen LogP contribution in [-0.2, 0) is 10.9 Å². The lowest BCUT2D eigenvalue weighted by molar-refractivity contribution is -0.137. The molecule has 2 nitrogen and oxygen atoms in total. The van der Waals surface area contributed by atoms with Crippen LogP contribution in [0, 0.1) is 11.7 Å². The van der Waals surface area contributed by atoms with E-state index in [1.165, 1.54) is 0 Å². The lowest BCUT2D eigenvalue weighted by Crippen LogP contribution is -2.30. The Morgan fingerprint density at radius 3 is 2.29 bits per heavy atom. The second kappa shape index (κ2) is 5.09. The van der Waals surface area contributed by atoms with Gasteiger partial charge >= 0.3 is 6.18 Å². The first-order chi connectivity index (χ1) is 9.83. The lowest BCUT2D eigenvalue weighted by Gasteiger charge is -2.27. The molecular weight excluding hydrogens is 288 g/mol. The largest absolute Gasteiger partial charge is 0.416 e. The van der Waals surface area contributed by atoms with Gasteiger partial charge in [0.2, 0.25) is 0 Å². The van der Waals surface area contributed by atoms with Crippen molar-refractivity contribution in [3.8, 4) is 0 Å². The molecule has 1 aromatic rings. The zero-order chi connectivity index (χ0) is 15.2. The van der Waals surface area contributed by atoms with E-state index < -0.39 is 23.3 Å². The highest BCUT2D eigenvalue weighted by molar-refractivity contribution is 5.98. The summed E-state index contributed by atoms with van der Waals surface area (Å²) in [5.41, 5.74) is -1.32. The number of rotatable bonds is 2. The first-order valence-corrected chi connectivity index (χ1v) is 6.90. The van der Waals surface area contributed by atoms with Gasteiger partial charge in [-0.3, -0.25) is 4.79 Å². The fourth-order valence-corrected chi connectivity index (χ4v) is 3.20. The Balaban J connectivity index is 1.86. The Kier molecular flexibility index (Phi) is 3.51. The van der Waals surface area contributed by atoms with Crippen LogP contribution >= 0.6 is 0 Å². The van der Waals surface area contributed by atoms with Gasteiger partial charge in [0.1, 0.15) is 5.82 Å². The number of benzene rings is 1. The van der Waals surface area contributed by atoms with Gasteiger partial charge in [0.15, 0.2) is 5.78 Å². The van der Waals surface area contributed by atoms with Crippen molar-refractivity contribution in [3.63, 3.8) is 0 Å². The van der Waals surface area contributed by atoms with Crippen molar-refractivity contribution in [3.05, 3.63) is 35.1 Å². The average Bonchev–Trinajstić information content (AvgIpc) is 2.75. The van der Waals surface area contributed by atoms with Crippen molar-refractivity contribution < 1.29 is 27.1 Å². The van der Waals surface area contributed by atoms with Gasteiger partial charge in [0.25, 0.3) is 0 Å². The van der Waals surface area contributed by atoms with E-state index in [-0.39, 0.29) is 23.7 Å². The highest BCUT2D eigenvalue weighted by atomic mass is 19.4.